The molecule has 7 heteroatoms. The zero-order chi connectivity index (χ0) is 18.9. The Morgan fingerprint density at radius 2 is 2.00 bits per heavy atom. The molecule has 0 aliphatic heterocycles. The summed E-state index contributed by atoms with van der Waals surface area (Å²) in [7, 11) is 0. The van der Waals surface area contributed by atoms with Crippen LogP contribution in [0.5, 0.6) is 0 Å². The second-order valence-electron chi connectivity index (χ2n) is 5.85. The van der Waals surface area contributed by atoms with Gasteiger partial charge in [-0.15, -0.1) is 0 Å². The van der Waals surface area contributed by atoms with Gasteiger partial charge in [0.2, 0.25) is 0 Å². The van der Waals surface area contributed by atoms with E-state index in [4.69, 9.17) is 16.1 Å². The highest BCUT2D eigenvalue weighted by molar-refractivity contribution is 6.31. The van der Waals surface area contributed by atoms with Gasteiger partial charge in [-0.1, -0.05) is 48.8 Å². The summed E-state index contributed by atoms with van der Waals surface area (Å²) in [6, 6.07) is 7.28. The molecular formula is C19H27ClN4O2. The Morgan fingerprint density at radius 3 is 2.65 bits per heavy atom. The van der Waals surface area contributed by atoms with Crippen molar-refractivity contribution in [1.82, 2.24) is 15.8 Å². The van der Waals surface area contributed by atoms with E-state index in [1.54, 1.807) is 6.07 Å². The van der Waals surface area contributed by atoms with Crippen LogP contribution < -0.4 is 10.6 Å². The molecular weight excluding hydrogens is 352 g/mol. The van der Waals surface area contributed by atoms with E-state index < -0.39 is 6.10 Å². The van der Waals surface area contributed by atoms with Crippen molar-refractivity contribution >= 4 is 17.6 Å². The summed E-state index contributed by atoms with van der Waals surface area (Å²) in [6.45, 7) is 7.59. The van der Waals surface area contributed by atoms with E-state index in [9.17, 15) is 5.11 Å². The Labute approximate surface area is 159 Å². The first kappa shape index (κ1) is 20.3. The summed E-state index contributed by atoms with van der Waals surface area (Å²) in [5.74, 6) is 1.50. The molecule has 26 heavy (non-hydrogen) atoms. The maximum absolute atomic E-state index is 10.4. The van der Waals surface area contributed by atoms with Crippen molar-refractivity contribution in [3.8, 4) is 0 Å². The molecule has 2 rings (SSSR count). The SMILES string of the molecule is CCNC(=NCc1c(CC)noc1CC)NCC(O)c1ccccc1Cl. The topological polar surface area (TPSA) is 82.7 Å². The summed E-state index contributed by atoms with van der Waals surface area (Å²) in [5, 5.41) is 21.4. The monoisotopic (exact) mass is 378 g/mol. The largest absolute Gasteiger partial charge is 0.387 e. The summed E-state index contributed by atoms with van der Waals surface area (Å²) in [6.07, 6.45) is 0.872. The molecule has 0 saturated carbocycles. The quantitative estimate of drug-likeness (QED) is 0.485. The molecule has 0 amide bonds. The second kappa shape index (κ2) is 10.2. The van der Waals surface area contributed by atoms with Crippen molar-refractivity contribution in [2.24, 2.45) is 4.99 Å². The summed E-state index contributed by atoms with van der Waals surface area (Å²) < 4.78 is 5.38. The van der Waals surface area contributed by atoms with Crippen LogP contribution in [0.25, 0.3) is 0 Å². The van der Waals surface area contributed by atoms with Gasteiger partial charge in [-0.25, -0.2) is 4.99 Å². The third-order valence-corrected chi connectivity index (χ3v) is 4.42. The van der Waals surface area contributed by atoms with Gasteiger partial charge in [0.25, 0.3) is 0 Å². The minimum absolute atomic E-state index is 0.306. The number of aliphatic hydroxyl groups excluding tert-OH is 1. The maximum atomic E-state index is 10.4. The third-order valence-electron chi connectivity index (χ3n) is 4.07. The summed E-state index contributed by atoms with van der Waals surface area (Å²) in [4.78, 5) is 4.61. The maximum Gasteiger partial charge on any atom is 0.191 e. The average molecular weight is 379 g/mol. The molecule has 3 N–H and O–H groups in total. The fourth-order valence-electron chi connectivity index (χ4n) is 2.67. The summed E-state index contributed by atoms with van der Waals surface area (Å²) >= 11 is 6.14. The molecule has 0 aliphatic rings. The zero-order valence-corrected chi connectivity index (χ0v) is 16.3. The number of nitrogens with one attached hydrogen (secondary N) is 2. The molecule has 1 unspecified atom stereocenters. The van der Waals surface area contributed by atoms with Crippen molar-refractivity contribution in [2.45, 2.75) is 46.3 Å². The van der Waals surface area contributed by atoms with E-state index in [-0.39, 0.29) is 0 Å². The Hall–Kier alpha value is -2.05. The molecule has 0 saturated heterocycles. The van der Waals surface area contributed by atoms with Crippen molar-refractivity contribution in [3.05, 3.63) is 51.9 Å². The van der Waals surface area contributed by atoms with Crippen LogP contribution in [-0.2, 0) is 19.4 Å². The van der Waals surface area contributed by atoms with Crippen molar-refractivity contribution in [3.63, 3.8) is 0 Å². The molecule has 0 spiro atoms. The molecule has 0 aliphatic carbocycles. The first-order valence-corrected chi connectivity index (χ1v) is 9.39. The lowest BCUT2D eigenvalue weighted by Crippen LogP contribution is -2.39. The number of aryl methyl sites for hydroxylation is 2. The van der Waals surface area contributed by atoms with E-state index in [0.717, 1.165) is 36.4 Å². The average Bonchev–Trinajstić information content (AvgIpc) is 3.06. The minimum atomic E-state index is -0.722. The highest BCUT2D eigenvalue weighted by Crippen LogP contribution is 2.22. The fraction of sp³-hybridized carbons (Fsp3) is 0.474. The number of nitrogens with zero attached hydrogens (tertiary/aromatic N) is 2. The first-order chi connectivity index (χ1) is 12.6. The number of aliphatic imine (C=N–C) groups is 1. The van der Waals surface area contributed by atoms with E-state index in [1.807, 2.05) is 39.0 Å². The van der Waals surface area contributed by atoms with Crippen LogP contribution in [0.3, 0.4) is 0 Å². The van der Waals surface area contributed by atoms with Crippen molar-refractivity contribution in [1.29, 1.82) is 0 Å². The van der Waals surface area contributed by atoms with Gasteiger partial charge in [-0.2, -0.15) is 0 Å². The molecule has 1 aromatic heterocycles. The minimum Gasteiger partial charge on any atom is -0.387 e. The van der Waals surface area contributed by atoms with Crippen LogP contribution in [0.2, 0.25) is 5.02 Å². The molecule has 1 heterocycles. The number of rotatable bonds is 8. The fourth-order valence-corrected chi connectivity index (χ4v) is 2.93. The van der Waals surface area contributed by atoms with Crippen LogP contribution >= 0.6 is 11.6 Å². The Balaban J connectivity index is 2.05. The Morgan fingerprint density at radius 1 is 1.23 bits per heavy atom. The number of aliphatic hydroxyl groups is 1. The number of aromatic nitrogens is 1. The molecule has 2 aromatic rings. The number of benzene rings is 1. The molecule has 1 aromatic carbocycles. The van der Waals surface area contributed by atoms with E-state index in [0.29, 0.717) is 29.6 Å². The highest BCUT2D eigenvalue weighted by atomic mass is 35.5. The number of hydrogen-bond donors (Lipinski definition) is 3. The van der Waals surface area contributed by atoms with Crippen LogP contribution in [0.15, 0.2) is 33.8 Å². The highest BCUT2D eigenvalue weighted by Gasteiger charge is 2.14. The lowest BCUT2D eigenvalue weighted by atomic mass is 10.1. The van der Waals surface area contributed by atoms with Gasteiger partial charge < -0.3 is 20.3 Å². The van der Waals surface area contributed by atoms with Crippen LogP contribution in [0.1, 0.15) is 49.5 Å². The van der Waals surface area contributed by atoms with E-state index >= 15 is 0 Å². The first-order valence-electron chi connectivity index (χ1n) is 9.01. The predicted octanol–water partition coefficient (Wildman–Crippen LogP) is 3.24. The molecule has 1 atom stereocenters. The Kier molecular flexibility index (Phi) is 7.94. The van der Waals surface area contributed by atoms with Crippen LogP contribution in [-0.4, -0.2) is 29.3 Å². The zero-order valence-electron chi connectivity index (χ0n) is 15.6. The van der Waals surface area contributed by atoms with Gasteiger partial charge in [0.05, 0.1) is 18.3 Å². The van der Waals surface area contributed by atoms with Gasteiger partial charge in [0.15, 0.2) is 5.96 Å². The van der Waals surface area contributed by atoms with Gasteiger partial charge in [0, 0.05) is 35.7 Å². The number of halogens is 1. The predicted molar refractivity (Wildman–Crippen MR) is 104 cm³/mol. The molecule has 0 fully saturated rings. The van der Waals surface area contributed by atoms with Gasteiger partial charge in [-0.3, -0.25) is 0 Å². The lowest BCUT2D eigenvalue weighted by Gasteiger charge is -2.16. The number of guanidine groups is 1. The van der Waals surface area contributed by atoms with E-state index in [1.165, 1.54) is 0 Å². The van der Waals surface area contributed by atoms with Crippen LogP contribution in [0.4, 0.5) is 0 Å². The number of hydrogen-bond acceptors (Lipinski definition) is 4. The van der Waals surface area contributed by atoms with Crippen molar-refractivity contribution in [2.75, 3.05) is 13.1 Å². The smallest absolute Gasteiger partial charge is 0.191 e. The molecule has 142 valence electrons. The molecule has 0 radical (unpaired) electrons. The van der Waals surface area contributed by atoms with E-state index in [2.05, 4.69) is 20.8 Å². The molecule has 0 bridgehead atoms. The third kappa shape index (κ3) is 5.22. The second-order valence-corrected chi connectivity index (χ2v) is 6.26. The lowest BCUT2D eigenvalue weighted by molar-refractivity contribution is 0.181. The van der Waals surface area contributed by atoms with Crippen molar-refractivity contribution < 1.29 is 9.63 Å². The van der Waals surface area contributed by atoms with Crippen LogP contribution in [0, 0.1) is 0 Å². The summed E-state index contributed by atoms with van der Waals surface area (Å²) in [5.41, 5.74) is 2.68. The Bertz CT molecular complexity index is 709. The molecule has 6 nitrogen and oxygen atoms in total. The van der Waals surface area contributed by atoms with Gasteiger partial charge >= 0.3 is 0 Å². The standard InChI is InChI=1S/C19H27ClN4O2/c1-4-16-14(18(5-2)26-24-16)11-22-19(21-6-3)23-12-17(25)13-9-7-8-10-15(13)20/h7-10,17,25H,4-6,11-12H2,1-3H3,(H2,21,22,23). The van der Waals surface area contributed by atoms with Gasteiger partial charge in [-0.05, 0) is 19.4 Å². The van der Waals surface area contributed by atoms with Gasteiger partial charge in [0.1, 0.15) is 5.76 Å². The normalized spacial score (nSPS) is 12.9.